The molecular weight excluding hydrogens is 242 g/mol. The number of carboxylic acid groups (broad SMARTS) is 1. The van der Waals surface area contributed by atoms with Crippen molar-refractivity contribution in [2.75, 3.05) is 18.4 Å². The Balaban J connectivity index is 1.84. The van der Waals surface area contributed by atoms with Crippen LogP contribution in [0.25, 0.3) is 0 Å². The lowest BCUT2D eigenvalue weighted by molar-refractivity contribution is 0.0696. The molecule has 0 radical (unpaired) electrons. The fourth-order valence-corrected chi connectivity index (χ4v) is 3.36. The number of aryl methyl sites for hydroxylation is 1. The fraction of sp³-hybridized carbons (Fsp3) is 0.571. The molecule has 2 atom stereocenters. The molecule has 2 unspecified atom stereocenters. The van der Waals surface area contributed by atoms with Crippen molar-refractivity contribution in [3.8, 4) is 0 Å². The van der Waals surface area contributed by atoms with E-state index < -0.39 is 5.97 Å². The third-order valence-corrected chi connectivity index (χ3v) is 4.30. The van der Waals surface area contributed by atoms with Crippen LogP contribution in [0.2, 0.25) is 0 Å². The average Bonchev–Trinajstić information content (AvgIpc) is 2.93. The van der Waals surface area contributed by atoms with Gasteiger partial charge in [-0.2, -0.15) is 0 Å². The van der Waals surface area contributed by atoms with Crippen molar-refractivity contribution < 1.29 is 9.90 Å². The average molecular weight is 261 g/mol. The van der Waals surface area contributed by atoms with Gasteiger partial charge >= 0.3 is 5.97 Å². The number of anilines is 1. The fourth-order valence-electron chi connectivity index (χ4n) is 3.36. The molecule has 102 valence electrons. The van der Waals surface area contributed by atoms with Crippen molar-refractivity contribution in [3.05, 3.63) is 23.4 Å². The summed E-state index contributed by atoms with van der Waals surface area (Å²) in [6.45, 7) is 4.10. The number of nitrogens with one attached hydrogen (secondary N) is 1. The highest BCUT2D eigenvalue weighted by Gasteiger charge is 2.37. The number of fused-ring (bicyclic) bond motifs is 1. The molecule has 0 amide bonds. The minimum atomic E-state index is -0.908. The molecule has 2 saturated heterocycles. The summed E-state index contributed by atoms with van der Waals surface area (Å²) >= 11 is 0. The first-order chi connectivity index (χ1) is 9.16. The van der Waals surface area contributed by atoms with Gasteiger partial charge in [0.05, 0.1) is 0 Å². The van der Waals surface area contributed by atoms with Gasteiger partial charge in [0.1, 0.15) is 11.4 Å². The van der Waals surface area contributed by atoms with Gasteiger partial charge in [-0.05, 0) is 44.4 Å². The van der Waals surface area contributed by atoms with E-state index in [1.165, 1.54) is 19.4 Å². The van der Waals surface area contributed by atoms with E-state index in [9.17, 15) is 9.90 Å². The number of carboxylic acids is 1. The van der Waals surface area contributed by atoms with Gasteiger partial charge < -0.3 is 10.4 Å². The number of carbonyl (C=O) groups is 1. The minimum Gasteiger partial charge on any atom is -0.478 e. The molecule has 2 aliphatic rings. The van der Waals surface area contributed by atoms with Crippen LogP contribution in [0.4, 0.5) is 5.82 Å². The van der Waals surface area contributed by atoms with Crippen LogP contribution in [-0.2, 0) is 0 Å². The second-order valence-corrected chi connectivity index (χ2v) is 5.44. The van der Waals surface area contributed by atoms with Crippen LogP contribution >= 0.6 is 0 Å². The van der Waals surface area contributed by atoms with Crippen molar-refractivity contribution in [2.45, 2.75) is 38.3 Å². The SMILES string of the molecule is Cc1ccnc(NC2CCN3CCCC23)c1C(=O)O. The zero-order valence-corrected chi connectivity index (χ0v) is 11.1. The standard InChI is InChI=1S/C14H19N3O2/c1-9-4-6-15-13(12(9)14(18)19)16-10-5-8-17-7-2-3-11(10)17/h4,6,10-11H,2-3,5,7-8H2,1H3,(H,15,16)(H,18,19). The molecule has 2 N–H and O–H groups in total. The quantitative estimate of drug-likeness (QED) is 0.867. The lowest BCUT2D eigenvalue weighted by atomic mass is 10.1. The van der Waals surface area contributed by atoms with E-state index >= 15 is 0 Å². The number of hydrogen-bond acceptors (Lipinski definition) is 4. The Morgan fingerprint density at radius 2 is 2.32 bits per heavy atom. The Kier molecular flexibility index (Phi) is 3.14. The highest BCUT2D eigenvalue weighted by Crippen LogP contribution is 2.30. The second kappa shape index (κ2) is 4.81. The lowest BCUT2D eigenvalue weighted by Crippen LogP contribution is -2.34. The third-order valence-electron chi connectivity index (χ3n) is 4.30. The topological polar surface area (TPSA) is 65.5 Å². The zero-order chi connectivity index (χ0) is 13.4. The van der Waals surface area contributed by atoms with E-state index in [1.54, 1.807) is 12.3 Å². The lowest BCUT2D eigenvalue weighted by Gasteiger charge is -2.22. The first-order valence-corrected chi connectivity index (χ1v) is 6.86. The Morgan fingerprint density at radius 1 is 1.47 bits per heavy atom. The normalized spacial score (nSPS) is 26.4. The largest absolute Gasteiger partial charge is 0.478 e. The molecule has 0 spiro atoms. The van der Waals surface area contributed by atoms with Crippen LogP contribution in [0.1, 0.15) is 35.2 Å². The molecule has 0 aromatic carbocycles. The van der Waals surface area contributed by atoms with Crippen molar-refractivity contribution in [1.29, 1.82) is 0 Å². The summed E-state index contributed by atoms with van der Waals surface area (Å²) in [5.74, 6) is -0.388. The van der Waals surface area contributed by atoms with Gasteiger partial charge in [-0.15, -0.1) is 0 Å². The molecule has 3 rings (SSSR count). The minimum absolute atomic E-state index is 0.305. The van der Waals surface area contributed by atoms with Crippen LogP contribution in [-0.4, -0.2) is 46.1 Å². The van der Waals surface area contributed by atoms with Crippen LogP contribution in [0.15, 0.2) is 12.3 Å². The van der Waals surface area contributed by atoms with Gasteiger partial charge in [-0.25, -0.2) is 9.78 Å². The summed E-state index contributed by atoms with van der Waals surface area (Å²) < 4.78 is 0. The summed E-state index contributed by atoms with van der Waals surface area (Å²) in [6, 6.07) is 2.62. The van der Waals surface area contributed by atoms with E-state index in [2.05, 4.69) is 15.2 Å². The van der Waals surface area contributed by atoms with E-state index in [0.717, 1.165) is 18.5 Å². The predicted octanol–water partition coefficient (Wildman–Crippen LogP) is 1.74. The molecule has 5 nitrogen and oxygen atoms in total. The van der Waals surface area contributed by atoms with Crippen molar-refractivity contribution in [3.63, 3.8) is 0 Å². The maximum Gasteiger partial charge on any atom is 0.339 e. The predicted molar refractivity (Wildman–Crippen MR) is 72.6 cm³/mol. The number of nitrogens with zero attached hydrogens (tertiary/aromatic N) is 2. The zero-order valence-electron chi connectivity index (χ0n) is 11.1. The Hall–Kier alpha value is -1.62. The highest BCUT2D eigenvalue weighted by atomic mass is 16.4. The van der Waals surface area contributed by atoms with Crippen LogP contribution in [0, 0.1) is 6.92 Å². The van der Waals surface area contributed by atoms with Crippen molar-refractivity contribution >= 4 is 11.8 Å². The summed E-state index contributed by atoms with van der Waals surface area (Å²) in [7, 11) is 0. The van der Waals surface area contributed by atoms with Crippen molar-refractivity contribution in [2.24, 2.45) is 0 Å². The van der Waals surface area contributed by atoms with Gasteiger partial charge in [0, 0.05) is 24.8 Å². The number of pyridine rings is 1. The van der Waals surface area contributed by atoms with Crippen molar-refractivity contribution in [1.82, 2.24) is 9.88 Å². The molecule has 2 fully saturated rings. The molecule has 1 aromatic heterocycles. The van der Waals surface area contributed by atoms with E-state index in [4.69, 9.17) is 0 Å². The summed E-state index contributed by atoms with van der Waals surface area (Å²) in [5.41, 5.74) is 1.06. The molecule has 0 saturated carbocycles. The van der Waals surface area contributed by atoms with Crippen LogP contribution < -0.4 is 5.32 Å². The van der Waals surface area contributed by atoms with Gasteiger partial charge in [0.15, 0.2) is 0 Å². The third kappa shape index (κ3) is 2.18. The molecule has 2 aliphatic heterocycles. The van der Waals surface area contributed by atoms with Gasteiger partial charge in [-0.1, -0.05) is 0 Å². The smallest absolute Gasteiger partial charge is 0.339 e. The van der Waals surface area contributed by atoms with Crippen LogP contribution in [0.3, 0.4) is 0 Å². The van der Waals surface area contributed by atoms with Crippen LogP contribution in [0.5, 0.6) is 0 Å². The Bertz CT molecular complexity index is 503. The highest BCUT2D eigenvalue weighted by molar-refractivity contribution is 5.94. The molecular formula is C14H19N3O2. The number of aromatic nitrogens is 1. The van der Waals surface area contributed by atoms with Gasteiger partial charge in [0.25, 0.3) is 0 Å². The molecule has 0 bridgehead atoms. The molecule has 19 heavy (non-hydrogen) atoms. The molecule has 5 heteroatoms. The first-order valence-electron chi connectivity index (χ1n) is 6.86. The van der Waals surface area contributed by atoms with E-state index in [-0.39, 0.29) is 0 Å². The Labute approximate surface area is 112 Å². The molecule has 3 heterocycles. The number of rotatable bonds is 3. The Morgan fingerprint density at radius 3 is 3.11 bits per heavy atom. The second-order valence-electron chi connectivity index (χ2n) is 5.44. The molecule has 0 aliphatic carbocycles. The summed E-state index contributed by atoms with van der Waals surface area (Å²) in [4.78, 5) is 18.1. The summed E-state index contributed by atoms with van der Waals surface area (Å²) in [5, 5.41) is 12.7. The molecule has 1 aromatic rings. The van der Waals surface area contributed by atoms with E-state index in [1.807, 2.05) is 6.92 Å². The monoisotopic (exact) mass is 261 g/mol. The maximum atomic E-state index is 11.4. The number of hydrogen-bond donors (Lipinski definition) is 2. The first kappa shape index (κ1) is 12.4. The van der Waals surface area contributed by atoms with E-state index in [0.29, 0.717) is 23.5 Å². The maximum absolute atomic E-state index is 11.4. The summed E-state index contributed by atoms with van der Waals surface area (Å²) in [6.07, 6.45) is 5.19. The van der Waals surface area contributed by atoms with Gasteiger partial charge in [0.2, 0.25) is 0 Å². The number of aromatic carboxylic acids is 1. The van der Waals surface area contributed by atoms with Gasteiger partial charge in [-0.3, -0.25) is 4.90 Å².